The summed E-state index contributed by atoms with van der Waals surface area (Å²) in [5.74, 6) is -0.186. The molecule has 84 valence electrons. The zero-order chi connectivity index (χ0) is 11.4. The van der Waals surface area contributed by atoms with Gasteiger partial charge in [-0.1, -0.05) is 26.7 Å². The second kappa shape index (κ2) is 5.07. The second-order valence-electron chi connectivity index (χ2n) is 3.79. The van der Waals surface area contributed by atoms with Gasteiger partial charge < -0.3 is 5.11 Å². The number of carbonyl (C=O) groups excluding carboxylic acids is 1. The number of nitrogens with zero attached hydrogens (tertiary/aromatic N) is 2. The van der Waals surface area contributed by atoms with Gasteiger partial charge in [0.2, 0.25) is 0 Å². The normalized spacial score (nSPS) is 13.1. The number of hydrogen-bond acceptors (Lipinski definition) is 3. The predicted molar refractivity (Wildman–Crippen MR) is 57.6 cm³/mol. The van der Waals surface area contributed by atoms with Crippen LogP contribution in [0.1, 0.15) is 37.0 Å². The molecule has 1 heterocycles. The highest BCUT2D eigenvalue weighted by molar-refractivity contribution is 5.99. The van der Waals surface area contributed by atoms with Crippen molar-refractivity contribution in [1.82, 2.24) is 9.78 Å². The van der Waals surface area contributed by atoms with E-state index < -0.39 is 6.10 Å². The van der Waals surface area contributed by atoms with Gasteiger partial charge >= 0.3 is 0 Å². The molecule has 0 aromatic carbocycles. The van der Waals surface area contributed by atoms with Crippen molar-refractivity contribution in [3.05, 3.63) is 18.0 Å². The number of ketones is 1. The zero-order valence-electron chi connectivity index (χ0n) is 9.47. The molecule has 0 radical (unpaired) electrons. The van der Waals surface area contributed by atoms with Crippen molar-refractivity contribution in [2.24, 2.45) is 13.0 Å². The monoisotopic (exact) mass is 210 g/mol. The molecule has 0 fully saturated rings. The van der Waals surface area contributed by atoms with E-state index in [0.717, 1.165) is 12.8 Å². The Labute approximate surface area is 89.9 Å². The van der Waals surface area contributed by atoms with Crippen LogP contribution in [0.3, 0.4) is 0 Å². The molecule has 0 saturated carbocycles. The first-order valence-electron chi connectivity index (χ1n) is 5.31. The maximum atomic E-state index is 11.8. The maximum absolute atomic E-state index is 11.8. The van der Waals surface area contributed by atoms with E-state index in [9.17, 15) is 9.90 Å². The molecule has 4 nitrogen and oxygen atoms in total. The topological polar surface area (TPSA) is 55.1 Å². The fourth-order valence-electron chi connectivity index (χ4n) is 1.67. The number of aromatic nitrogens is 2. The molecule has 0 aliphatic carbocycles. The van der Waals surface area contributed by atoms with Crippen LogP contribution in [0.4, 0.5) is 0 Å². The first-order valence-corrected chi connectivity index (χ1v) is 5.31. The molecule has 1 N–H and O–H groups in total. The number of carbonyl (C=O) groups is 1. The van der Waals surface area contributed by atoms with Crippen LogP contribution < -0.4 is 0 Å². The van der Waals surface area contributed by atoms with Crippen LogP contribution >= 0.6 is 0 Å². The van der Waals surface area contributed by atoms with E-state index in [2.05, 4.69) is 5.10 Å². The van der Waals surface area contributed by atoms with Crippen LogP contribution in [0, 0.1) is 5.92 Å². The molecule has 4 heteroatoms. The van der Waals surface area contributed by atoms with Gasteiger partial charge in [-0.15, -0.1) is 0 Å². The van der Waals surface area contributed by atoms with Crippen molar-refractivity contribution in [2.45, 2.75) is 32.8 Å². The summed E-state index contributed by atoms with van der Waals surface area (Å²) in [6.45, 7) is 3.96. The summed E-state index contributed by atoms with van der Waals surface area (Å²) in [6, 6.07) is 0. The molecule has 0 amide bonds. The van der Waals surface area contributed by atoms with Crippen molar-refractivity contribution < 1.29 is 9.90 Å². The Kier molecular flexibility index (Phi) is 4.03. The van der Waals surface area contributed by atoms with Gasteiger partial charge in [0.1, 0.15) is 6.10 Å². The van der Waals surface area contributed by atoms with E-state index in [-0.39, 0.29) is 11.7 Å². The van der Waals surface area contributed by atoms with Crippen molar-refractivity contribution in [2.75, 3.05) is 0 Å². The number of aryl methyl sites for hydroxylation is 1. The summed E-state index contributed by atoms with van der Waals surface area (Å²) in [5.41, 5.74) is 0.483. The van der Waals surface area contributed by atoms with Gasteiger partial charge in [0.25, 0.3) is 0 Å². The lowest BCUT2D eigenvalue weighted by atomic mass is 9.92. The minimum atomic E-state index is -0.899. The lowest BCUT2D eigenvalue weighted by Gasteiger charge is -2.17. The Balaban J connectivity index is 2.76. The van der Waals surface area contributed by atoms with Crippen LogP contribution in [-0.2, 0) is 7.05 Å². The van der Waals surface area contributed by atoms with Gasteiger partial charge in [-0.25, -0.2) is 0 Å². The van der Waals surface area contributed by atoms with Gasteiger partial charge in [0.15, 0.2) is 5.78 Å². The number of hydrogen-bond donors (Lipinski definition) is 1. The fraction of sp³-hybridized carbons (Fsp3) is 0.636. The molecular formula is C11H18N2O2. The van der Waals surface area contributed by atoms with E-state index in [1.165, 1.54) is 6.20 Å². The van der Waals surface area contributed by atoms with Crippen LogP contribution in [-0.4, -0.2) is 26.8 Å². The van der Waals surface area contributed by atoms with E-state index in [0.29, 0.717) is 5.56 Å². The molecule has 1 rings (SSSR count). The van der Waals surface area contributed by atoms with Crippen LogP contribution in [0.2, 0.25) is 0 Å². The molecule has 1 atom stereocenters. The highest BCUT2D eigenvalue weighted by atomic mass is 16.3. The lowest BCUT2D eigenvalue weighted by Crippen LogP contribution is -2.28. The summed E-state index contributed by atoms with van der Waals surface area (Å²) < 4.78 is 1.56. The van der Waals surface area contributed by atoms with Gasteiger partial charge in [0, 0.05) is 13.2 Å². The predicted octanol–water partition coefficient (Wildman–Crippen LogP) is 1.40. The average molecular weight is 210 g/mol. The molecule has 0 saturated heterocycles. The maximum Gasteiger partial charge on any atom is 0.194 e. The summed E-state index contributed by atoms with van der Waals surface area (Å²) in [5, 5.41) is 13.8. The first-order chi connectivity index (χ1) is 7.10. The molecule has 0 aliphatic rings. The fourth-order valence-corrected chi connectivity index (χ4v) is 1.67. The summed E-state index contributed by atoms with van der Waals surface area (Å²) >= 11 is 0. The third-order valence-electron chi connectivity index (χ3n) is 2.75. The van der Waals surface area contributed by atoms with Gasteiger partial charge in [-0.05, 0) is 5.92 Å². The zero-order valence-corrected chi connectivity index (χ0v) is 9.47. The number of rotatable bonds is 5. The van der Waals surface area contributed by atoms with Gasteiger partial charge in [-0.2, -0.15) is 5.10 Å². The van der Waals surface area contributed by atoms with E-state index >= 15 is 0 Å². The van der Waals surface area contributed by atoms with Gasteiger partial charge in [0.05, 0.1) is 11.8 Å². The van der Waals surface area contributed by atoms with Crippen LogP contribution in [0.15, 0.2) is 12.4 Å². The van der Waals surface area contributed by atoms with Crippen molar-refractivity contribution in [3.8, 4) is 0 Å². The molecule has 0 aliphatic heterocycles. The average Bonchev–Trinajstić information content (AvgIpc) is 2.65. The smallest absolute Gasteiger partial charge is 0.194 e. The van der Waals surface area contributed by atoms with Crippen LogP contribution in [0.25, 0.3) is 0 Å². The minimum absolute atomic E-state index is 0.0395. The lowest BCUT2D eigenvalue weighted by molar-refractivity contribution is 0.0588. The Morgan fingerprint density at radius 3 is 2.53 bits per heavy atom. The largest absolute Gasteiger partial charge is 0.385 e. The second-order valence-corrected chi connectivity index (χ2v) is 3.79. The summed E-state index contributed by atoms with van der Waals surface area (Å²) in [6.07, 6.45) is 3.85. The minimum Gasteiger partial charge on any atom is -0.385 e. The van der Waals surface area contributed by atoms with Crippen molar-refractivity contribution in [3.63, 3.8) is 0 Å². The van der Waals surface area contributed by atoms with E-state index in [1.807, 2.05) is 13.8 Å². The summed E-state index contributed by atoms with van der Waals surface area (Å²) in [7, 11) is 1.75. The molecule has 1 aromatic heterocycles. The Hall–Kier alpha value is -1.16. The highest BCUT2D eigenvalue weighted by Gasteiger charge is 2.25. The Morgan fingerprint density at radius 1 is 1.53 bits per heavy atom. The highest BCUT2D eigenvalue weighted by Crippen LogP contribution is 2.16. The number of aliphatic hydroxyl groups excluding tert-OH is 1. The molecule has 0 spiro atoms. The summed E-state index contributed by atoms with van der Waals surface area (Å²) in [4.78, 5) is 11.8. The number of aliphatic hydroxyl groups is 1. The van der Waals surface area contributed by atoms with E-state index in [4.69, 9.17) is 0 Å². The Bertz CT molecular complexity index is 329. The molecule has 1 unspecified atom stereocenters. The standard InChI is InChI=1S/C11H18N2O2/c1-4-8(5-2)10(14)11(15)9-6-12-13(3)7-9/h6-8,10,14H,4-5H2,1-3H3. The SMILES string of the molecule is CCC(CC)C(O)C(=O)c1cnn(C)c1. The first kappa shape index (κ1) is 11.9. The third-order valence-corrected chi connectivity index (χ3v) is 2.75. The van der Waals surface area contributed by atoms with Crippen molar-refractivity contribution in [1.29, 1.82) is 0 Å². The number of Topliss-reactive ketones (excluding diaryl/α,β-unsaturated/α-hetero) is 1. The van der Waals surface area contributed by atoms with Crippen molar-refractivity contribution >= 4 is 5.78 Å². The Morgan fingerprint density at radius 2 is 2.13 bits per heavy atom. The quantitative estimate of drug-likeness (QED) is 0.747. The van der Waals surface area contributed by atoms with Crippen LogP contribution in [0.5, 0.6) is 0 Å². The molecule has 0 bridgehead atoms. The van der Waals surface area contributed by atoms with E-state index in [1.54, 1.807) is 17.9 Å². The molecular weight excluding hydrogens is 192 g/mol. The third kappa shape index (κ3) is 2.65. The molecule has 15 heavy (non-hydrogen) atoms. The van der Waals surface area contributed by atoms with Gasteiger partial charge in [-0.3, -0.25) is 9.48 Å². The molecule has 1 aromatic rings.